The molecule has 1 aromatic carbocycles. The molecule has 0 radical (unpaired) electrons. The summed E-state index contributed by atoms with van der Waals surface area (Å²) >= 11 is 0. The second-order valence-corrected chi connectivity index (χ2v) is 5.84. The van der Waals surface area contributed by atoms with Crippen LogP contribution in [-0.4, -0.2) is 24.0 Å². The minimum atomic E-state index is 0.564. The molecule has 2 rings (SSSR count). The number of rotatable bonds is 7. The van der Waals surface area contributed by atoms with Crippen LogP contribution >= 0.6 is 0 Å². The van der Waals surface area contributed by atoms with E-state index in [0.29, 0.717) is 11.9 Å². The van der Waals surface area contributed by atoms with Gasteiger partial charge in [-0.15, -0.1) is 0 Å². The van der Waals surface area contributed by atoms with Gasteiger partial charge in [-0.05, 0) is 36.8 Å². The monoisotopic (exact) mass is 286 g/mol. The summed E-state index contributed by atoms with van der Waals surface area (Å²) in [7, 11) is 0. The predicted octanol–water partition coefficient (Wildman–Crippen LogP) is 3.05. The number of aryl methyl sites for hydroxylation is 1. The normalized spacial score (nSPS) is 12.2. The summed E-state index contributed by atoms with van der Waals surface area (Å²) in [5.41, 5.74) is 8.40. The number of nitrogens with one attached hydrogen (secondary N) is 2. The maximum atomic E-state index is 5.84. The van der Waals surface area contributed by atoms with E-state index < -0.39 is 0 Å². The van der Waals surface area contributed by atoms with Gasteiger partial charge in [0.1, 0.15) is 0 Å². The lowest BCUT2D eigenvalue weighted by Gasteiger charge is -2.07. The number of para-hydroxylation sites is 1. The topological polar surface area (TPSA) is 66.2 Å². The number of nitrogens with two attached hydrogens (primary N) is 1. The largest absolute Gasteiger partial charge is 0.370 e. The Morgan fingerprint density at radius 3 is 2.95 bits per heavy atom. The van der Waals surface area contributed by atoms with Crippen molar-refractivity contribution >= 4 is 16.9 Å². The molecule has 4 heteroatoms. The number of H-pyrrole nitrogens is 1. The predicted molar refractivity (Wildman–Crippen MR) is 90.6 cm³/mol. The number of benzene rings is 1. The summed E-state index contributed by atoms with van der Waals surface area (Å²) in [5.74, 6) is 1.25. The number of aromatic amines is 1. The summed E-state index contributed by atoms with van der Waals surface area (Å²) in [6, 6.07) is 8.39. The fourth-order valence-electron chi connectivity index (χ4n) is 2.35. The second kappa shape index (κ2) is 7.72. The van der Waals surface area contributed by atoms with E-state index in [1.165, 1.54) is 16.5 Å². The highest BCUT2D eigenvalue weighted by Gasteiger charge is 2.02. The van der Waals surface area contributed by atoms with E-state index in [4.69, 9.17) is 5.73 Å². The molecule has 21 heavy (non-hydrogen) atoms. The lowest BCUT2D eigenvalue weighted by molar-refractivity contribution is 0.576. The fraction of sp³-hybridized carbons (Fsp3) is 0.471. The standard InChI is InChI=1S/C17H26N4/c1-13(2)9-11-20-17(18)19-10-5-6-14-12-21-16-8-4-3-7-15(14)16/h3-4,7-8,12-13,21H,5-6,9-11H2,1-2H3,(H3,18,19,20). The van der Waals surface area contributed by atoms with Crippen LogP contribution in [0, 0.1) is 5.92 Å². The highest BCUT2D eigenvalue weighted by Crippen LogP contribution is 2.18. The second-order valence-electron chi connectivity index (χ2n) is 5.84. The quantitative estimate of drug-likeness (QED) is 0.416. The fourth-order valence-corrected chi connectivity index (χ4v) is 2.35. The van der Waals surface area contributed by atoms with Crippen molar-refractivity contribution in [2.24, 2.45) is 16.6 Å². The molecule has 0 aliphatic heterocycles. The van der Waals surface area contributed by atoms with Crippen molar-refractivity contribution in [3.8, 4) is 0 Å². The lowest BCUT2D eigenvalue weighted by Crippen LogP contribution is -2.33. The third-order valence-electron chi connectivity index (χ3n) is 3.59. The van der Waals surface area contributed by atoms with Crippen molar-refractivity contribution in [1.29, 1.82) is 0 Å². The van der Waals surface area contributed by atoms with E-state index in [9.17, 15) is 0 Å². The van der Waals surface area contributed by atoms with Crippen molar-refractivity contribution in [3.63, 3.8) is 0 Å². The summed E-state index contributed by atoms with van der Waals surface area (Å²) in [6.07, 6.45) is 5.24. The van der Waals surface area contributed by atoms with E-state index in [2.05, 4.69) is 59.6 Å². The zero-order valence-electron chi connectivity index (χ0n) is 13.0. The Balaban J connectivity index is 1.74. The van der Waals surface area contributed by atoms with Crippen molar-refractivity contribution < 1.29 is 0 Å². The third kappa shape index (κ3) is 4.81. The Kier molecular flexibility index (Phi) is 5.67. The van der Waals surface area contributed by atoms with Crippen LogP contribution in [0.4, 0.5) is 0 Å². The van der Waals surface area contributed by atoms with Gasteiger partial charge in [-0.25, -0.2) is 0 Å². The zero-order valence-corrected chi connectivity index (χ0v) is 13.0. The molecular weight excluding hydrogens is 260 g/mol. The number of hydrogen-bond donors (Lipinski definition) is 3. The Labute approximate surface area is 126 Å². The van der Waals surface area contributed by atoms with Crippen LogP contribution in [0.25, 0.3) is 10.9 Å². The molecule has 1 heterocycles. The maximum Gasteiger partial charge on any atom is 0.188 e. The Hall–Kier alpha value is -1.97. The molecule has 0 fully saturated rings. The molecule has 0 saturated carbocycles. The first-order valence-corrected chi connectivity index (χ1v) is 7.75. The van der Waals surface area contributed by atoms with Gasteiger partial charge in [0.25, 0.3) is 0 Å². The van der Waals surface area contributed by atoms with Crippen LogP contribution in [0.15, 0.2) is 35.5 Å². The molecule has 2 aromatic rings. The molecule has 0 saturated heterocycles. The first-order valence-electron chi connectivity index (χ1n) is 7.75. The van der Waals surface area contributed by atoms with Gasteiger partial charge in [0.2, 0.25) is 0 Å². The van der Waals surface area contributed by atoms with Gasteiger partial charge in [0.05, 0.1) is 0 Å². The van der Waals surface area contributed by atoms with E-state index >= 15 is 0 Å². The van der Waals surface area contributed by atoms with Crippen LogP contribution in [0.3, 0.4) is 0 Å². The van der Waals surface area contributed by atoms with Crippen LogP contribution in [0.5, 0.6) is 0 Å². The molecule has 4 N–H and O–H groups in total. The van der Waals surface area contributed by atoms with Crippen LogP contribution < -0.4 is 11.1 Å². The molecule has 114 valence electrons. The number of hydrogen-bond acceptors (Lipinski definition) is 1. The summed E-state index contributed by atoms with van der Waals surface area (Å²) in [6.45, 7) is 6.07. The van der Waals surface area contributed by atoms with Crippen molar-refractivity contribution in [1.82, 2.24) is 10.3 Å². The van der Waals surface area contributed by atoms with Crippen LogP contribution in [0.2, 0.25) is 0 Å². The first kappa shape index (κ1) is 15.4. The molecule has 0 atom stereocenters. The third-order valence-corrected chi connectivity index (χ3v) is 3.59. The van der Waals surface area contributed by atoms with Gasteiger partial charge < -0.3 is 16.0 Å². The highest BCUT2D eigenvalue weighted by molar-refractivity contribution is 5.83. The van der Waals surface area contributed by atoms with Gasteiger partial charge in [0, 0.05) is 30.2 Å². The number of nitrogens with zero attached hydrogens (tertiary/aromatic N) is 1. The molecule has 0 spiro atoms. The minimum Gasteiger partial charge on any atom is -0.370 e. The Morgan fingerprint density at radius 2 is 2.14 bits per heavy atom. The van der Waals surface area contributed by atoms with Gasteiger partial charge in [-0.2, -0.15) is 0 Å². The maximum absolute atomic E-state index is 5.84. The molecule has 0 bridgehead atoms. The first-order chi connectivity index (χ1) is 10.2. The summed E-state index contributed by atoms with van der Waals surface area (Å²) in [5, 5.41) is 4.47. The average Bonchev–Trinajstić information content (AvgIpc) is 2.86. The molecule has 4 nitrogen and oxygen atoms in total. The van der Waals surface area contributed by atoms with Crippen molar-refractivity contribution in [2.45, 2.75) is 33.1 Å². The van der Waals surface area contributed by atoms with Crippen molar-refractivity contribution in [2.75, 3.05) is 13.1 Å². The van der Waals surface area contributed by atoms with Gasteiger partial charge >= 0.3 is 0 Å². The van der Waals surface area contributed by atoms with Gasteiger partial charge in [-0.1, -0.05) is 32.0 Å². The highest BCUT2D eigenvalue weighted by atomic mass is 15.1. The summed E-state index contributed by atoms with van der Waals surface area (Å²) in [4.78, 5) is 7.68. The van der Waals surface area contributed by atoms with E-state index in [-0.39, 0.29) is 0 Å². The number of guanidine groups is 1. The zero-order chi connectivity index (χ0) is 15.1. The Morgan fingerprint density at radius 1 is 1.33 bits per heavy atom. The molecule has 0 aliphatic rings. The average molecular weight is 286 g/mol. The SMILES string of the molecule is CC(C)CCNC(N)=NCCCc1c[nH]c2ccccc12. The molecule has 0 unspecified atom stereocenters. The van der Waals surface area contributed by atoms with Crippen molar-refractivity contribution in [3.05, 3.63) is 36.0 Å². The molecule has 0 amide bonds. The molecule has 0 aliphatic carbocycles. The molecular formula is C17H26N4. The van der Waals surface area contributed by atoms with Gasteiger partial charge in [0.15, 0.2) is 5.96 Å². The van der Waals surface area contributed by atoms with E-state index in [1.807, 2.05) is 0 Å². The number of aromatic nitrogens is 1. The molecule has 1 aromatic heterocycles. The number of fused-ring (bicyclic) bond motifs is 1. The van der Waals surface area contributed by atoms with Crippen LogP contribution in [0.1, 0.15) is 32.3 Å². The number of aliphatic imine (C=N–C) groups is 1. The smallest absolute Gasteiger partial charge is 0.188 e. The minimum absolute atomic E-state index is 0.564. The lowest BCUT2D eigenvalue weighted by atomic mass is 10.1. The van der Waals surface area contributed by atoms with E-state index in [0.717, 1.165) is 32.4 Å². The Bertz CT molecular complexity index is 583. The van der Waals surface area contributed by atoms with Crippen LogP contribution in [-0.2, 0) is 6.42 Å². The van der Waals surface area contributed by atoms with Gasteiger partial charge in [-0.3, -0.25) is 4.99 Å². The summed E-state index contributed by atoms with van der Waals surface area (Å²) < 4.78 is 0. The van der Waals surface area contributed by atoms with E-state index in [1.54, 1.807) is 0 Å².